The summed E-state index contributed by atoms with van der Waals surface area (Å²) in [5.74, 6) is 5.81. The molecule has 13 rings (SSSR count). The van der Waals surface area contributed by atoms with Crippen LogP contribution in [0.2, 0.25) is 0 Å². The number of hydrogen-bond donors (Lipinski definition) is 0. The topological polar surface area (TPSA) is 21.7 Å². The molecule has 0 aromatic heterocycles. The third-order valence-electron chi connectivity index (χ3n) is 18.5. The van der Waals surface area contributed by atoms with Crippen LogP contribution in [0.4, 0.5) is 17.1 Å². The predicted octanol–water partition coefficient (Wildman–Crippen LogP) is 14.7. The van der Waals surface area contributed by atoms with E-state index < -0.39 is 0 Å². The Balaban J connectivity index is 1.14. The van der Waals surface area contributed by atoms with Gasteiger partial charge < -0.3 is 14.4 Å². The first-order valence-corrected chi connectivity index (χ1v) is 30.4. The van der Waals surface area contributed by atoms with E-state index in [4.69, 9.17) is 9.47 Å². The molecular formula is C75H76B3NO2. The summed E-state index contributed by atoms with van der Waals surface area (Å²) in [5.41, 5.74) is 30.2. The Morgan fingerprint density at radius 1 is 0.296 bits per heavy atom. The number of nitrogens with zero attached hydrogens (tertiary/aromatic N) is 1. The summed E-state index contributed by atoms with van der Waals surface area (Å²) >= 11 is 0. The van der Waals surface area contributed by atoms with E-state index in [1.165, 1.54) is 99.9 Å². The molecule has 0 bridgehead atoms. The van der Waals surface area contributed by atoms with Gasteiger partial charge in [0.1, 0.15) is 23.0 Å². The molecule has 4 heterocycles. The molecule has 9 aromatic rings. The van der Waals surface area contributed by atoms with Crippen molar-refractivity contribution in [2.45, 2.75) is 138 Å². The fourth-order valence-corrected chi connectivity index (χ4v) is 14.4. The van der Waals surface area contributed by atoms with Crippen molar-refractivity contribution in [1.29, 1.82) is 0 Å². The molecule has 0 radical (unpaired) electrons. The van der Waals surface area contributed by atoms with E-state index in [9.17, 15) is 0 Å². The van der Waals surface area contributed by atoms with Gasteiger partial charge in [-0.1, -0.05) is 235 Å². The largest absolute Gasteiger partial charge is 0.458 e. The van der Waals surface area contributed by atoms with Crippen molar-refractivity contribution in [3.63, 3.8) is 0 Å². The van der Waals surface area contributed by atoms with Crippen LogP contribution in [0.3, 0.4) is 0 Å². The summed E-state index contributed by atoms with van der Waals surface area (Å²) in [7, 11) is 0. The number of hydrogen-bond acceptors (Lipinski definition) is 3. The molecule has 0 saturated carbocycles. The summed E-state index contributed by atoms with van der Waals surface area (Å²) in [6.07, 6.45) is 0. The standard InChI is InChI=1S/C75H76B3NO2/c1-42(2)50-32-56(45(7)8)72(57(33-50)46(9)10)76-60-28-20-22-30-66(60)79-67-40-63-69(41-62(67)78(65-37-52(44(5)6)36-64(76)75(65)79)73-58(47(11)12)34-51(43(3)4)35-59(73)48(13)14)81-71-39-53(55-27-19-18-26-54(55)49-24-16-15-17-25-49)38-70-74(71)77(63)61-29-21-23-31-68(61)80-70/h15-48H,1-14H3. The third-order valence-corrected chi connectivity index (χ3v) is 18.5. The predicted molar refractivity (Wildman–Crippen MR) is 351 cm³/mol. The van der Waals surface area contributed by atoms with Crippen LogP contribution in [0.5, 0.6) is 23.0 Å². The van der Waals surface area contributed by atoms with Crippen molar-refractivity contribution in [3.8, 4) is 45.3 Å². The molecule has 9 aromatic carbocycles. The molecule has 0 aliphatic carbocycles. The Morgan fingerprint density at radius 2 is 0.728 bits per heavy atom. The molecule has 81 heavy (non-hydrogen) atoms. The summed E-state index contributed by atoms with van der Waals surface area (Å²) in [6.45, 7) is 33.3. The minimum Gasteiger partial charge on any atom is -0.458 e. The molecule has 0 unspecified atom stereocenters. The van der Waals surface area contributed by atoms with Gasteiger partial charge >= 0.3 is 0 Å². The lowest BCUT2D eigenvalue weighted by Gasteiger charge is -2.46. The number of ether oxygens (including phenoxy) is 2. The van der Waals surface area contributed by atoms with Crippen LogP contribution in [-0.2, 0) is 0 Å². The number of anilines is 3. The van der Waals surface area contributed by atoms with Gasteiger partial charge in [0.2, 0.25) is 13.4 Å². The minimum absolute atomic E-state index is 0.0135. The Hall–Kier alpha value is -7.43. The average Bonchev–Trinajstić information content (AvgIpc) is 3.65. The van der Waals surface area contributed by atoms with Crippen molar-refractivity contribution >= 4 is 86.4 Å². The second-order valence-electron chi connectivity index (χ2n) is 26.0. The van der Waals surface area contributed by atoms with Gasteiger partial charge in [0.25, 0.3) is 6.71 Å². The van der Waals surface area contributed by atoms with Crippen LogP contribution in [-0.4, -0.2) is 20.1 Å². The maximum Gasteiger partial charge on any atom is 0.260 e. The normalized spacial score (nSPS) is 13.7. The molecule has 4 aliphatic rings. The molecule has 0 amide bonds. The number of fused-ring (bicyclic) bond motifs is 8. The van der Waals surface area contributed by atoms with E-state index >= 15 is 0 Å². The van der Waals surface area contributed by atoms with Crippen molar-refractivity contribution in [1.82, 2.24) is 0 Å². The van der Waals surface area contributed by atoms with Crippen molar-refractivity contribution in [2.75, 3.05) is 4.90 Å². The van der Waals surface area contributed by atoms with Gasteiger partial charge in [-0.15, -0.1) is 0 Å². The van der Waals surface area contributed by atoms with Gasteiger partial charge in [0, 0.05) is 22.5 Å². The number of benzene rings is 9. The van der Waals surface area contributed by atoms with Crippen LogP contribution in [0.25, 0.3) is 22.3 Å². The number of rotatable bonds is 11. The molecule has 0 spiro atoms. The Bertz CT molecular complexity index is 3920. The number of para-hydroxylation sites is 2. The molecule has 0 fully saturated rings. The van der Waals surface area contributed by atoms with Crippen molar-refractivity contribution in [3.05, 3.63) is 203 Å². The van der Waals surface area contributed by atoms with Gasteiger partial charge in [-0.2, -0.15) is 0 Å². The quantitative estimate of drug-likeness (QED) is 0.121. The lowest BCUT2D eigenvalue weighted by molar-refractivity contribution is 0.465. The highest BCUT2D eigenvalue weighted by atomic mass is 16.5. The highest BCUT2D eigenvalue weighted by Crippen LogP contribution is 2.45. The molecule has 402 valence electrons. The Kier molecular flexibility index (Phi) is 13.2. The second kappa shape index (κ2) is 20.2. The molecule has 3 nitrogen and oxygen atoms in total. The van der Waals surface area contributed by atoms with E-state index in [0.29, 0.717) is 29.6 Å². The summed E-state index contributed by atoms with van der Waals surface area (Å²) in [4.78, 5) is 2.71. The fraction of sp³-hybridized carbons (Fsp3) is 0.280. The van der Waals surface area contributed by atoms with E-state index in [1.54, 1.807) is 0 Å². The summed E-state index contributed by atoms with van der Waals surface area (Å²) in [6, 6.07) is 62.7. The Labute approximate surface area is 484 Å². The van der Waals surface area contributed by atoms with E-state index in [0.717, 1.165) is 50.5 Å². The summed E-state index contributed by atoms with van der Waals surface area (Å²) < 4.78 is 14.7. The monoisotopic (exact) mass is 1060 g/mol. The Morgan fingerprint density at radius 3 is 1.26 bits per heavy atom. The van der Waals surface area contributed by atoms with Crippen molar-refractivity contribution in [2.24, 2.45) is 0 Å². The van der Waals surface area contributed by atoms with Crippen molar-refractivity contribution < 1.29 is 9.47 Å². The van der Waals surface area contributed by atoms with Crippen LogP contribution in [0, 0.1) is 0 Å². The molecular weight excluding hydrogens is 979 g/mol. The fourth-order valence-electron chi connectivity index (χ4n) is 14.4. The SMILES string of the molecule is CC(C)c1cc2c3c(c1)B(c1c(C(C)C)cc(C(C)C)cc1C(C)C)c1cc4c(cc1N3c1ccccc1B2c1c(C(C)C)cc(C(C)C)cc1C(C)C)B1c2ccccc2Oc2cc(-c3ccccc3-c3ccccc3)cc(c21)O4. The third kappa shape index (κ3) is 8.55. The second-order valence-corrected chi connectivity index (χ2v) is 26.0. The van der Waals surface area contributed by atoms with Gasteiger partial charge in [0.05, 0.1) is 0 Å². The van der Waals surface area contributed by atoms with Crippen LogP contribution in [0.1, 0.15) is 177 Å². The van der Waals surface area contributed by atoms with Gasteiger partial charge in [0.15, 0.2) is 0 Å². The van der Waals surface area contributed by atoms with Gasteiger partial charge in [-0.25, -0.2) is 0 Å². The molecule has 0 N–H and O–H groups in total. The van der Waals surface area contributed by atoms with E-state index in [1.807, 2.05) is 0 Å². The molecule has 0 saturated heterocycles. The first kappa shape index (κ1) is 52.9. The zero-order chi connectivity index (χ0) is 56.4. The van der Waals surface area contributed by atoms with E-state index in [2.05, 4.69) is 266 Å². The highest BCUT2D eigenvalue weighted by Gasteiger charge is 2.49. The lowest BCUT2D eigenvalue weighted by Crippen LogP contribution is -2.67. The van der Waals surface area contributed by atoms with Crippen LogP contribution in [0.15, 0.2) is 164 Å². The van der Waals surface area contributed by atoms with E-state index in [-0.39, 0.29) is 32.0 Å². The van der Waals surface area contributed by atoms with Crippen LogP contribution < -0.4 is 63.5 Å². The molecule has 0 atom stereocenters. The molecule has 6 heteroatoms. The minimum atomic E-state index is -0.132. The zero-order valence-electron chi connectivity index (χ0n) is 50.1. The lowest BCUT2D eigenvalue weighted by atomic mass is 9.28. The smallest absolute Gasteiger partial charge is 0.260 e. The average molecular weight is 1060 g/mol. The van der Waals surface area contributed by atoms with Gasteiger partial charge in [-0.05, 0) is 172 Å². The maximum absolute atomic E-state index is 7.60. The first-order chi connectivity index (χ1) is 39.0. The first-order valence-electron chi connectivity index (χ1n) is 30.4. The van der Waals surface area contributed by atoms with Gasteiger partial charge in [-0.3, -0.25) is 0 Å². The van der Waals surface area contributed by atoms with Crippen LogP contribution >= 0.6 is 0 Å². The zero-order valence-corrected chi connectivity index (χ0v) is 50.1. The molecule has 4 aliphatic heterocycles. The maximum atomic E-state index is 7.60. The summed E-state index contributed by atoms with van der Waals surface area (Å²) in [5, 5.41) is 0. The highest BCUT2D eigenvalue weighted by molar-refractivity contribution is 7.03.